The lowest BCUT2D eigenvalue weighted by atomic mass is 9.98. The van der Waals surface area contributed by atoms with Gasteiger partial charge in [-0.05, 0) is 71.7 Å². The van der Waals surface area contributed by atoms with E-state index in [0.717, 1.165) is 50.9 Å². The van der Waals surface area contributed by atoms with Gasteiger partial charge < -0.3 is 9.47 Å². The number of halogens is 2. The molecule has 4 aromatic rings. The maximum Gasteiger partial charge on any atom is 0.134 e. The average molecular weight is 517 g/mol. The number of rotatable bonds is 8. The van der Waals surface area contributed by atoms with Crippen LogP contribution < -0.4 is 9.47 Å². The molecule has 0 radical (unpaired) electrons. The minimum absolute atomic E-state index is 0.297. The summed E-state index contributed by atoms with van der Waals surface area (Å²) in [6.45, 7) is 2.87. The van der Waals surface area contributed by atoms with Gasteiger partial charge in [-0.1, -0.05) is 76.6 Å². The highest BCUT2D eigenvalue weighted by Gasteiger charge is 2.28. The van der Waals surface area contributed by atoms with Crippen molar-refractivity contribution >= 4 is 15.9 Å². The van der Waals surface area contributed by atoms with E-state index in [1.54, 1.807) is 0 Å². The van der Waals surface area contributed by atoms with Crippen LogP contribution in [0.15, 0.2) is 89.4 Å². The van der Waals surface area contributed by atoms with Crippen molar-refractivity contribution in [3.63, 3.8) is 0 Å². The van der Waals surface area contributed by atoms with Gasteiger partial charge in [-0.3, -0.25) is 0 Å². The highest BCUT2D eigenvalue weighted by atomic mass is 79.9. The average Bonchev–Trinajstić information content (AvgIpc) is 3.70. The quantitative estimate of drug-likeness (QED) is 0.233. The Bertz CT molecular complexity index is 1280. The Morgan fingerprint density at radius 2 is 1.35 bits per heavy atom. The first-order valence-electron chi connectivity index (χ1n) is 11.6. The molecule has 0 unspecified atom stereocenters. The Hall–Kier alpha value is -3.11. The second-order valence-corrected chi connectivity index (χ2v) is 9.64. The van der Waals surface area contributed by atoms with Gasteiger partial charge in [-0.15, -0.1) is 0 Å². The Morgan fingerprint density at radius 1 is 0.765 bits per heavy atom. The van der Waals surface area contributed by atoms with E-state index in [1.807, 2.05) is 67.6 Å². The van der Waals surface area contributed by atoms with Gasteiger partial charge in [0.2, 0.25) is 0 Å². The molecule has 0 spiro atoms. The molecule has 1 aliphatic rings. The van der Waals surface area contributed by atoms with Crippen LogP contribution in [0.3, 0.4) is 0 Å². The van der Waals surface area contributed by atoms with Gasteiger partial charge in [-0.25, -0.2) is 4.39 Å². The van der Waals surface area contributed by atoms with Crippen molar-refractivity contribution in [3.05, 3.63) is 117 Å². The van der Waals surface area contributed by atoms with Gasteiger partial charge in [0.25, 0.3) is 0 Å². The van der Waals surface area contributed by atoms with Gasteiger partial charge in [0, 0.05) is 16.1 Å². The third-order valence-electron chi connectivity index (χ3n) is 6.15. The van der Waals surface area contributed by atoms with Crippen molar-refractivity contribution < 1.29 is 13.9 Å². The number of benzene rings is 4. The molecular formula is C30H26BrFO2. The van der Waals surface area contributed by atoms with E-state index < -0.39 is 0 Å². The maximum atomic E-state index is 15.3. The lowest BCUT2D eigenvalue weighted by Crippen LogP contribution is -2.01. The molecule has 0 atom stereocenters. The molecular weight excluding hydrogens is 491 g/mol. The Labute approximate surface area is 208 Å². The van der Waals surface area contributed by atoms with Crippen molar-refractivity contribution in [2.75, 3.05) is 0 Å². The monoisotopic (exact) mass is 516 g/mol. The minimum Gasteiger partial charge on any atom is -0.489 e. The van der Waals surface area contributed by atoms with Crippen LogP contribution in [0.2, 0.25) is 0 Å². The van der Waals surface area contributed by atoms with Gasteiger partial charge >= 0.3 is 0 Å². The summed E-state index contributed by atoms with van der Waals surface area (Å²) < 4.78 is 28.2. The zero-order valence-corrected chi connectivity index (χ0v) is 20.6. The van der Waals surface area contributed by atoms with E-state index in [2.05, 4.69) is 34.1 Å². The molecule has 4 aromatic carbocycles. The smallest absolute Gasteiger partial charge is 0.134 e. The second kappa shape index (κ2) is 10.0. The summed E-state index contributed by atoms with van der Waals surface area (Å²) in [4.78, 5) is 0. The highest BCUT2D eigenvalue weighted by Crippen LogP contribution is 2.48. The second-order valence-electron chi connectivity index (χ2n) is 8.79. The molecule has 0 amide bonds. The van der Waals surface area contributed by atoms with Crippen molar-refractivity contribution in [1.82, 2.24) is 0 Å². The summed E-state index contributed by atoms with van der Waals surface area (Å²) in [5.41, 5.74) is 5.62. The van der Waals surface area contributed by atoms with Gasteiger partial charge in [0.1, 0.15) is 30.5 Å². The van der Waals surface area contributed by atoms with Crippen LogP contribution in [0, 0.1) is 12.7 Å². The third-order valence-corrected chi connectivity index (χ3v) is 6.80. The third kappa shape index (κ3) is 5.18. The molecule has 5 rings (SSSR count). The van der Waals surface area contributed by atoms with E-state index in [9.17, 15) is 0 Å². The van der Waals surface area contributed by atoms with Gasteiger partial charge in [0.15, 0.2) is 0 Å². The Balaban J connectivity index is 1.41. The van der Waals surface area contributed by atoms with E-state index in [1.165, 1.54) is 6.07 Å². The first-order valence-corrected chi connectivity index (χ1v) is 12.3. The SMILES string of the molecule is Cc1cc(-c2cc(C3CC3)c(OCc3ccccc3)cc2Br)c(F)cc1OCc1ccccc1. The largest absolute Gasteiger partial charge is 0.489 e. The Kier molecular flexibility index (Phi) is 6.68. The van der Waals surface area contributed by atoms with Crippen LogP contribution in [0.25, 0.3) is 11.1 Å². The lowest BCUT2D eigenvalue weighted by Gasteiger charge is -2.17. The summed E-state index contributed by atoms with van der Waals surface area (Å²) in [5.74, 6) is 1.60. The molecule has 172 valence electrons. The predicted molar refractivity (Wildman–Crippen MR) is 138 cm³/mol. The van der Waals surface area contributed by atoms with Crippen molar-refractivity contribution in [2.24, 2.45) is 0 Å². The van der Waals surface area contributed by atoms with Crippen LogP contribution in [-0.4, -0.2) is 0 Å². The van der Waals surface area contributed by atoms with E-state index in [-0.39, 0.29) is 5.82 Å². The number of aryl methyl sites for hydroxylation is 1. The zero-order valence-electron chi connectivity index (χ0n) is 19.1. The molecule has 34 heavy (non-hydrogen) atoms. The normalized spacial score (nSPS) is 13.0. The maximum absolute atomic E-state index is 15.3. The Morgan fingerprint density at radius 3 is 1.94 bits per heavy atom. The molecule has 0 saturated heterocycles. The summed E-state index contributed by atoms with van der Waals surface area (Å²) >= 11 is 3.67. The predicted octanol–water partition coefficient (Wildman–Crippen LogP) is 8.60. The molecule has 0 aromatic heterocycles. The number of ether oxygens (including phenoxy) is 2. The van der Waals surface area contributed by atoms with Crippen LogP contribution in [0.5, 0.6) is 11.5 Å². The first-order chi connectivity index (χ1) is 16.6. The van der Waals surface area contributed by atoms with E-state index in [0.29, 0.717) is 30.4 Å². The summed E-state index contributed by atoms with van der Waals surface area (Å²) in [6, 6.07) is 27.5. The molecule has 1 saturated carbocycles. The first kappa shape index (κ1) is 22.7. The molecule has 4 heteroatoms. The van der Waals surface area contributed by atoms with Crippen LogP contribution in [0.4, 0.5) is 4.39 Å². The summed E-state index contributed by atoms with van der Waals surface area (Å²) in [6.07, 6.45) is 2.27. The van der Waals surface area contributed by atoms with E-state index >= 15 is 4.39 Å². The molecule has 1 aliphatic carbocycles. The molecule has 0 bridgehead atoms. The lowest BCUT2D eigenvalue weighted by molar-refractivity contribution is 0.302. The molecule has 2 nitrogen and oxygen atoms in total. The number of hydrogen-bond acceptors (Lipinski definition) is 2. The molecule has 0 aliphatic heterocycles. The fourth-order valence-corrected chi connectivity index (χ4v) is 4.65. The van der Waals surface area contributed by atoms with Crippen molar-refractivity contribution in [2.45, 2.75) is 38.9 Å². The highest BCUT2D eigenvalue weighted by molar-refractivity contribution is 9.10. The fourth-order valence-electron chi connectivity index (χ4n) is 4.11. The molecule has 0 N–H and O–H groups in total. The minimum atomic E-state index is -0.297. The van der Waals surface area contributed by atoms with Gasteiger partial charge in [-0.2, -0.15) is 0 Å². The standard InChI is InChI=1S/C30H26BrFO2/c1-20-14-26(28(32)17-29(20)33-18-21-8-4-2-5-9-21)25-15-24(23-12-13-23)30(16-27(25)31)34-19-22-10-6-3-7-11-22/h2-11,14-17,23H,12-13,18-19H2,1H3. The van der Waals surface area contributed by atoms with Crippen molar-refractivity contribution in [1.29, 1.82) is 0 Å². The van der Waals surface area contributed by atoms with Gasteiger partial charge in [0.05, 0.1) is 0 Å². The topological polar surface area (TPSA) is 18.5 Å². The number of hydrogen-bond donors (Lipinski definition) is 0. The summed E-state index contributed by atoms with van der Waals surface area (Å²) in [7, 11) is 0. The summed E-state index contributed by atoms with van der Waals surface area (Å²) in [5, 5.41) is 0. The van der Waals surface area contributed by atoms with Crippen LogP contribution >= 0.6 is 15.9 Å². The van der Waals surface area contributed by atoms with Crippen LogP contribution in [0.1, 0.15) is 41.0 Å². The zero-order chi connectivity index (χ0) is 23.5. The molecule has 0 heterocycles. The van der Waals surface area contributed by atoms with Crippen LogP contribution in [-0.2, 0) is 13.2 Å². The molecule has 1 fully saturated rings. The fraction of sp³-hybridized carbons (Fsp3) is 0.200. The van der Waals surface area contributed by atoms with Crippen molar-refractivity contribution in [3.8, 4) is 22.6 Å². The van der Waals surface area contributed by atoms with E-state index in [4.69, 9.17) is 9.47 Å².